The summed E-state index contributed by atoms with van der Waals surface area (Å²) in [5.41, 5.74) is 8.81. The molecule has 1 aromatic heterocycles. The molecule has 0 saturated heterocycles. The van der Waals surface area contributed by atoms with Gasteiger partial charge < -0.3 is 15.0 Å². The molecular formula is C24H21F3N2O. The highest BCUT2D eigenvalue weighted by Crippen LogP contribution is 2.38. The zero-order valence-electron chi connectivity index (χ0n) is 16.4. The monoisotopic (exact) mass is 410 g/mol. The minimum absolute atomic E-state index is 0.165. The summed E-state index contributed by atoms with van der Waals surface area (Å²) in [6.07, 6.45) is -2.45. The number of rotatable bonds is 5. The first-order valence-corrected chi connectivity index (χ1v) is 9.52. The quantitative estimate of drug-likeness (QED) is 0.449. The molecule has 0 spiro atoms. The Morgan fingerprint density at radius 1 is 0.967 bits per heavy atom. The van der Waals surface area contributed by atoms with E-state index in [1.807, 2.05) is 47.2 Å². The van der Waals surface area contributed by atoms with Gasteiger partial charge in [0.15, 0.2) is 0 Å². The Morgan fingerprint density at radius 2 is 1.70 bits per heavy atom. The first-order chi connectivity index (χ1) is 14.4. The average Bonchev–Trinajstić information content (AvgIpc) is 3.10. The zero-order chi connectivity index (χ0) is 21.3. The lowest BCUT2D eigenvalue weighted by molar-refractivity contribution is -0.137. The van der Waals surface area contributed by atoms with E-state index in [0.717, 1.165) is 33.8 Å². The predicted molar refractivity (Wildman–Crippen MR) is 112 cm³/mol. The van der Waals surface area contributed by atoms with Crippen molar-refractivity contribution < 1.29 is 17.9 Å². The predicted octanol–water partition coefficient (Wildman–Crippen LogP) is 5.84. The maximum Gasteiger partial charge on any atom is 0.417 e. The number of nitrogens with two attached hydrogens (primary N) is 1. The van der Waals surface area contributed by atoms with Crippen LogP contribution in [-0.4, -0.2) is 11.7 Å². The highest BCUT2D eigenvalue weighted by molar-refractivity contribution is 5.89. The molecule has 4 rings (SSSR count). The summed E-state index contributed by atoms with van der Waals surface area (Å²) in [5, 5.41) is 0.944. The van der Waals surface area contributed by atoms with Gasteiger partial charge in [0.2, 0.25) is 0 Å². The van der Waals surface area contributed by atoms with Crippen LogP contribution in [0.1, 0.15) is 16.7 Å². The summed E-state index contributed by atoms with van der Waals surface area (Å²) in [5.74, 6) is 0.768. The standard InChI is InChI=1S/C24H21F3N2O/c1-30-19-9-6-16(7-10-19)14-29-15-18(13-28)21-11-8-17(12-23(21)29)20-4-2-3-5-22(20)24(25,26)27/h2-12,15H,13-14,28H2,1H3. The molecule has 154 valence electrons. The number of hydrogen-bond acceptors (Lipinski definition) is 2. The van der Waals surface area contributed by atoms with Crippen molar-refractivity contribution in [2.24, 2.45) is 5.73 Å². The number of hydrogen-bond donors (Lipinski definition) is 1. The second-order valence-corrected chi connectivity index (χ2v) is 7.11. The van der Waals surface area contributed by atoms with Crippen molar-refractivity contribution in [3.63, 3.8) is 0 Å². The number of halogens is 3. The van der Waals surface area contributed by atoms with Crippen LogP contribution in [0.15, 0.2) is 72.9 Å². The zero-order valence-corrected chi connectivity index (χ0v) is 16.4. The molecule has 3 aromatic carbocycles. The third kappa shape index (κ3) is 3.78. The number of aromatic nitrogens is 1. The molecule has 0 aliphatic carbocycles. The summed E-state index contributed by atoms with van der Waals surface area (Å²) in [4.78, 5) is 0. The fourth-order valence-corrected chi connectivity index (χ4v) is 3.74. The molecule has 30 heavy (non-hydrogen) atoms. The van der Waals surface area contributed by atoms with Gasteiger partial charge in [-0.15, -0.1) is 0 Å². The summed E-state index contributed by atoms with van der Waals surface area (Å²) in [7, 11) is 1.61. The fraction of sp³-hybridized carbons (Fsp3) is 0.167. The van der Waals surface area contributed by atoms with Gasteiger partial charge in [-0.1, -0.05) is 42.5 Å². The van der Waals surface area contributed by atoms with Crippen molar-refractivity contribution in [1.29, 1.82) is 0 Å². The van der Waals surface area contributed by atoms with Crippen LogP contribution in [0.2, 0.25) is 0 Å². The Hall–Kier alpha value is -3.25. The Morgan fingerprint density at radius 3 is 2.37 bits per heavy atom. The molecule has 4 aromatic rings. The minimum atomic E-state index is -4.42. The first-order valence-electron chi connectivity index (χ1n) is 9.52. The Balaban J connectivity index is 1.81. The Kier molecular flexibility index (Phi) is 5.26. The Bertz CT molecular complexity index is 1180. The molecule has 6 heteroatoms. The highest BCUT2D eigenvalue weighted by Gasteiger charge is 2.33. The van der Waals surface area contributed by atoms with E-state index in [9.17, 15) is 13.2 Å². The SMILES string of the molecule is COc1ccc(Cn2cc(CN)c3ccc(-c4ccccc4C(F)(F)F)cc32)cc1. The second-order valence-electron chi connectivity index (χ2n) is 7.11. The van der Waals surface area contributed by atoms with Crippen LogP contribution in [0.4, 0.5) is 13.2 Å². The van der Waals surface area contributed by atoms with E-state index < -0.39 is 11.7 Å². The van der Waals surface area contributed by atoms with Crippen LogP contribution < -0.4 is 10.5 Å². The number of alkyl halides is 3. The van der Waals surface area contributed by atoms with E-state index in [0.29, 0.717) is 18.7 Å². The van der Waals surface area contributed by atoms with Crippen molar-refractivity contribution in [3.8, 4) is 16.9 Å². The normalized spacial score (nSPS) is 11.8. The number of fused-ring (bicyclic) bond motifs is 1. The van der Waals surface area contributed by atoms with Gasteiger partial charge >= 0.3 is 6.18 Å². The Labute approximate surface area is 172 Å². The molecule has 0 radical (unpaired) electrons. The summed E-state index contributed by atoms with van der Waals surface area (Å²) >= 11 is 0. The van der Waals surface area contributed by atoms with E-state index in [1.165, 1.54) is 12.1 Å². The second kappa shape index (κ2) is 7.88. The molecule has 0 aliphatic heterocycles. The molecular weight excluding hydrogens is 389 g/mol. The van der Waals surface area contributed by atoms with E-state index in [-0.39, 0.29) is 5.56 Å². The molecule has 0 saturated carbocycles. The summed E-state index contributed by atoms with van der Waals surface area (Å²) < 4.78 is 47.7. The summed E-state index contributed by atoms with van der Waals surface area (Å²) in [6.45, 7) is 0.926. The lowest BCUT2D eigenvalue weighted by Crippen LogP contribution is -2.06. The van der Waals surface area contributed by atoms with E-state index >= 15 is 0 Å². The molecule has 0 atom stereocenters. The van der Waals surface area contributed by atoms with Crippen LogP contribution in [0.25, 0.3) is 22.0 Å². The van der Waals surface area contributed by atoms with Crippen LogP contribution in [0, 0.1) is 0 Å². The minimum Gasteiger partial charge on any atom is -0.497 e. The van der Waals surface area contributed by atoms with E-state index in [1.54, 1.807) is 19.2 Å². The molecule has 0 bridgehead atoms. The van der Waals surface area contributed by atoms with Gasteiger partial charge in [0.25, 0.3) is 0 Å². The maximum absolute atomic E-state index is 13.5. The largest absolute Gasteiger partial charge is 0.497 e. The first kappa shape index (κ1) is 20.0. The maximum atomic E-state index is 13.5. The molecule has 0 aliphatic rings. The van der Waals surface area contributed by atoms with Gasteiger partial charge in [0, 0.05) is 30.2 Å². The number of ether oxygens (including phenoxy) is 1. The third-order valence-electron chi connectivity index (χ3n) is 5.24. The van der Waals surface area contributed by atoms with Crippen LogP contribution in [0.3, 0.4) is 0 Å². The van der Waals surface area contributed by atoms with Crippen molar-refractivity contribution in [2.45, 2.75) is 19.3 Å². The molecule has 0 unspecified atom stereocenters. The molecule has 2 N–H and O–H groups in total. The van der Waals surface area contributed by atoms with Crippen molar-refractivity contribution in [2.75, 3.05) is 7.11 Å². The average molecular weight is 410 g/mol. The van der Waals surface area contributed by atoms with Crippen molar-refractivity contribution in [3.05, 3.63) is 89.6 Å². The van der Waals surface area contributed by atoms with Gasteiger partial charge in [0.05, 0.1) is 12.7 Å². The number of nitrogens with zero attached hydrogens (tertiary/aromatic N) is 1. The van der Waals surface area contributed by atoms with Crippen LogP contribution in [0.5, 0.6) is 5.75 Å². The van der Waals surface area contributed by atoms with Crippen molar-refractivity contribution >= 4 is 10.9 Å². The van der Waals surface area contributed by atoms with Gasteiger partial charge in [-0.2, -0.15) is 13.2 Å². The smallest absolute Gasteiger partial charge is 0.417 e. The van der Waals surface area contributed by atoms with Gasteiger partial charge in [0.1, 0.15) is 5.75 Å². The topological polar surface area (TPSA) is 40.2 Å². The molecule has 1 heterocycles. The highest BCUT2D eigenvalue weighted by atomic mass is 19.4. The fourth-order valence-electron chi connectivity index (χ4n) is 3.74. The van der Waals surface area contributed by atoms with Crippen molar-refractivity contribution in [1.82, 2.24) is 4.57 Å². The number of benzene rings is 3. The van der Waals surface area contributed by atoms with Crippen LogP contribution >= 0.6 is 0 Å². The third-order valence-corrected chi connectivity index (χ3v) is 5.24. The summed E-state index contributed by atoms with van der Waals surface area (Å²) in [6, 6.07) is 18.7. The number of methoxy groups -OCH3 is 1. The van der Waals surface area contributed by atoms with Gasteiger partial charge in [-0.3, -0.25) is 0 Å². The van der Waals surface area contributed by atoms with Gasteiger partial charge in [-0.25, -0.2) is 0 Å². The van der Waals surface area contributed by atoms with E-state index in [2.05, 4.69) is 0 Å². The van der Waals surface area contributed by atoms with Crippen LogP contribution in [-0.2, 0) is 19.3 Å². The lowest BCUT2D eigenvalue weighted by atomic mass is 9.98. The van der Waals surface area contributed by atoms with E-state index in [4.69, 9.17) is 10.5 Å². The molecule has 3 nitrogen and oxygen atoms in total. The molecule has 0 amide bonds. The lowest BCUT2D eigenvalue weighted by Gasteiger charge is -2.13. The molecule has 0 fully saturated rings. The van der Waals surface area contributed by atoms with Gasteiger partial charge in [-0.05, 0) is 46.5 Å².